The minimum Gasteiger partial charge on any atom is -0.497 e. The van der Waals surface area contributed by atoms with Crippen LogP contribution in [-0.2, 0) is 6.61 Å². The zero-order valence-electron chi connectivity index (χ0n) is 15.3. The van der Waals surface area contributed by atoms with E-state index in [4.69, 9.17) is 9.47 Å². The van der Waals surface area contributed by atoms with Crippen LogP contribution in [-0.4, -0.2) is 23.3 Å². The Labute approximate surface area is 161 Å². The molecule has 3 aromatic rings. The van der Waals surface area contributed by atoms with Gasteiger partial charge in [0, 0.05) is 5.69 Å². The molecule has 0 saturated heterocycles. The average Bonchev–Trinajstić information content (AvgIpc) is 3.10. The lowest BCUT2D eigenvalue weighted by Crippen LogP contribution is -2.19. The number of hydrogen-bond acceptors (Lipinski definition) is 6. The van der Waals surface area contributed by atoms with Crippen LogP contribution in [0, 0.1) is 13.8 Å². The quantitative estimate of drug-likeness (QED) is 0.658. The first kappa shape index (κ1) is 18.7. The van der Waals surface area contributed by atoms with E-state index in [9.17, 15) is 4.79 Å². The number of amides is 2. The number of carbonyl (C=O) groups is 1. The van der Waals surface area contributed by atoms with Gasteiger partial charge in [0.2, 0.25) is 5.13 Å². The fourth-order valence-electron chi connectivity index (χ4n) is 2.25. The highest BCUT2D eigenvalue weighted by Gasteiger charge is 2.09. The molecule has 0 aliphatic rings. The van der Waals surface area contributed by atoms with E-state index in [1.165, 1.54) is 22.5 Å². The van der Waals surface area contributed by atoms with E-state index in [2.05, 4.69) is 27.8 Å². The second kappa shape index (κ2) is 8.50. The summed E-state index contributed by atoms with van der Waals surface area (Å²) in [6.07, 6.45) is 0. The summed E-state index contributed by atoms with van der Waals surface area (Å²) in [5.41, 5.74) is 3.03. The van der Waals surface area contributed by atoms with Crippen molar-refractivity contribution in [1.82, 2.24) is 10.2 Å². The highest BCUT2D eigenvalue weighted by Crippen LogP contribution is 2.21. The van der Waals surface area contributed by atoms with Crippen molar-refractivity contribution in [2.75, 3.05) is 17.7 Å². The Morgan fingerprint density at radius 2 is 1.74 bits per heavy atom. The average molecular weight is 384 g/mol. The number of nitrogens with one attached hydrogen (secondary N) is 2. The highest BCUT2D eigenvalue weighted by atomic mass is 32.1. The molecule has 0 spiro atoms. The van der Waals surface area contributed by atoms with E-state index in [1.807, 2.05) is 25.1 Å². The summed E-state index contributed by atoms with van der Waals surface area (Å²) in [6, 6.07) is 12.6. The molecule has 8 heteroatoms. The van der Waals surface area contributed by atoms with Crippen LogP contribution in [0.2, 0.25) is 0 Å². The number of aromatic nitrogens is 2. The molecular formula is C19H20N4O3S. The number of aryl methyl sites for hydroxylation is 2. The van der Waals surface area contributed by atoms with Crippen LogP contribution in [0.1, 0.15) is 16.1 Å². The number of rotatable bonds is 6. The molecule has 0 aliphatic carbocycles. The van der Waals surface area contributed by atoms with Gasteiger partial charge in [0.25, 0.3) is 0 Å². The van der Waals surface area contributed by atoms with Gasteiger partial charge in [-0.15, -0.1) is 10.2 Å². The van der Waals surface area contributed by atoms with Crippen LogP contribution in [0.4, 0.5) is 15.6 Å². The van der Waals surface area contributed by atoms with Crippen molar-refractivity contribution in [3.63, 3.8) is 0 Å². The summed E-state index contributed by atoms with van der Waals surface area (Å²) in [4.78, 5) is 12.0. The molecule has 0 atom stereocenters. The number of hydrogen-bond donors (Lipinski definition) is 2. The summed E-state index contributed by atoms with van der Waals surface area (Å²) in [5, 5.41) is 14.5. The Kier molecular flexibility index (Phi) is 5.87. The Morgan fingerprint density at radius 1 is 1.00 bits per heavy atom. The highest BCUT2D eigenvalue weighted by molar-refractivity contribution is 7.15. The number of nitrogens with zero attached hydrogens (tertiary/aromatic N) is 2. The Balaban J connectivity index is 1.52. The van der Waals surface area contributed by atoms with Gasteiger partial charge in [-0.2, -0.15) is 0 Å². The molecule has 0 bridgehead atoms. The normalized spacial score (nSPS) is 10.3. The fraction of sp³-hybridized carbons (Fsp3) is 0.211. The minimum absolute atomic E-state index is 0.294. The van der Waals surface area contributed by atoms with Crippen LogP contribution in [0.25, 0.3) is 0 Å². The predicted octanol–water partition coefficient (Wildman–Crippen LogP) is 4.39. The Bertz CT molecular complexity index is 925. The monoisotopic (exact) mass is 384 g/mol. The van der Waals surface area contributed by atoms with E-state index < -0.39 is 6.03 Å². The van der Waals surface area contributed by atoms with E-state index >= 15 is 0 Å². The summed E-state index contributed by atoms with van der Waals surface area (Å²) in [7, 11) is 1.59. The van der Waals surface area contributed by atoms with E-state index in [-0.39, 0.29) is 0 Å². The first-order valence-electron chi connectivity index (χ1n) is 8.28. The molecule has 2 N–H and O–H groups in total. The molecule has 1 heterocycles. The third kappa shape index (κ3) is 5.18. The molecule has 0 saturated carbocycles. The summed E-state index contributed by atoms with van der Waals surface area (Å²) in [6.45, 7) is 4.39. The van der Waals surface area contributed by atoms with Crippen molar-refractivity contribution < 1.29 is 14.3 Å². The summed E-state index contributed by atoms with van der Waals surface area (Å²) >= 11 is 1.27. The van der Waals surface area contributed by atoms with E-state index in [0.717, 1.165) is 11.5 Å². The van der Waals surface area contributed by atoms with Crippen molar-refractivity contribution in [3.05, 3.63) is 58.6 Å². The van der Waals surface area contributed by atoms with Crippen LogP contribution >= 0.6 is 11.3 Å². The van der Waals surface area contributed by atoms with Crippen molar-refractivity contribution in [2.24, 2.45) is 0 Å². The van der Waals surface area contributed by atoms with Crippen molar-refractivity contribution in [3.8, 4) is 11.5 Å². The Morgan fingerprint density at radius 3 is 2.44 bits per heavy atom. The maximum absolute atomic E-state index is 12.0. The van der Waals surface area contributed by atoms with Crippen molar-refractivity contribution in [2.45, 2.75) is 20.5 Å². The standard InChI is InChI=1S/C19H20N4O3S/c1-12-4-7-16(10-13(12)2)26-11-17-22-23-19(27-17)21-18(24)20-14-5-8-15(25-3)9-6-14/h4-10H,11H2,1-3H3,(H2,20,21,23,24). The SMILES string of the molecule is COc1ccc(NC(=O)Nc2nnc(COc3ccc(C)c(C)c3)s2)cc1. The minimum atomic E-state index is -0.391. The summed E-state index contributed by atoms with van der Waals surface area (Å²) < 4.78 is 10.8. The lowest BCUT2D eigenvalue weighted by atomic mass is 10.1. The molecule has 2 aromatic carbocycles. The number of urea groups is 1. The van der Waals surface area contributed by atoms with Crippen molar-refractivity contribution in [1.29, 1.82) is 0 Å². The zero-order valence-corrected chi connectivity index (χ0v) is 16.1. The maximum atomic E-state index is 12.0. The zero-order chi connectivity index (χ0) is 19.2. The lowest BCUT2D eigenvalue weighted by molar-refractivity contribution is 0.262. The fourth-order valence-corrected chi connectivity index (χ4v) is 2.89. The lowest BCUT2D eigenvalue weighted by Gasteiger charge is -2.06. The molecule has 3 rings (SSSR count). The van der Waals surface area contributed by atoms with Crippen molar-refractivity contribution >= 4 is 28.2 Å². The van der Waals surface area contributed by atoms with Crippen LogP contribution < -0.4 is 20.1 Å². The number of anilines is 2. The molecule has 1 aromatic heterocycles. The molecule has 0 radical (unpaired) electrons. The smallest absolute Gasteiger partial charge is 0.325 e. The molecule has 2 amide bonds. The van der Waals surface area contributed by atoms with Gasteiger partial charge in [0.05, 0.1) is 7.11 Å². The van der Waals surface area contributed by atoms with E-state index in [0.29, 0.717) is 22.4 Å². The predicted molar refractivity (Wildman–Crippen MR) is 106 cm³/mol. The molecule has 27 heavy (non-hydrogen) atoms. The first-order chi connectivity index (χ1) is 13.0. The van der Waals surface area contributed by atoms with Gasteiger partial charge in [-0.3, -0.25) is 5.32 Å². The van der Waals surface area contributed by atoms with E-state index in [1.54, 1.807) is 31.4 Å². The van der Waals surface area contributed by atoms with Gasteiger partial charge in [-0.05, 0) is 61.4 Å². The molecule has 140 valence electrons. The van der Waals surface area contributed by atoms with Gasteiger partial charge in [-0.1, -0.05) is 17.4 Å². The molecule has 7 nitrogen and oxygen atoms in total. The number of carbonyl (C=O) groups excluding carboxylic acids is 1. The van der Waals surface area contributed by atoms with Crippen LogP contribution in [0.15, 0.2) is 42.5 Å². The molecule has 0 fully saturated rings. The van der Waals surface area contributed by atoms with Gasteiger partial charge < -0.3 is 14.8 Å². The van der Waals surface area contributed by atoms with Gasteiger partial charge in [0.1, 0.15) is 18.1 Å². The van der Waals surface area contributed by atoms with Gasteiger partial charge in [0.15, 0.2) is 5.01 Å². The second-order valence-electron chi connectivity index (χ2n) is 5.84. The largest absolute Gasteiger partial charge is 0.497 e. The first-order valence-corrected chi connectivity index (χ1v) is 9.09. The molecule has 0 aliphatic heterocycles. The topological polar surface area (TPSA) is 85.4 Å². The van der Waals surface area contributed by atoms with Crippen LogP contribution in [0.5, 0.6) is 11.5 Å². The van der Waals surface area contributed by atoms with Gasteiger partial charge in [-0.25, -0.2) is 4.79 Å². The number of benzene rings is 2. The third-order valence-corrected chi connectivity index (χ3v) is 4.69. The molecule has 0 unspecified atom stereocenters. The molecular weight excluding hydrogens is 364 g/mol. The van der Waals surface area contributed by atoms with Crippen LogP contribution in [0.3, 0.4) is 0 Å². The number of ether oxygens (including phenoxy) is 2. The summed E-state index contributed by atoms with van der Waals surface area (Å²) in [5.74, 6) is 1.50. The maximum Gasteiger partial charge on any atom is 0.325 e. The second-order valence-corrected chi connectivity index (χ2v) is 6.91. The van der Waals surface area contributed by atoms with Gasteiger partial charge >= 0.3 is 6.03 Å². The number of methoxy groups -OCH3 is 1. The third-order valence-electron chi connectivity index (χ3n) is 3.88. The Hall–Kier alpha value is -3.13.